The van der Waals surface area contributed by atoms with Crippen LogP contribution in [0.4, 0.5) is 8.78 Å². The Morgan fingerprint density at radius 3 is 2.62 bits per heavy atom. The van der Waals surface area contributed by atoms with Crippen molar-refractivity contribution in [1.29, 1.82) is 0 Å². The first kappa shape index (κ1) is 17.8. The lowest BCUT2D eigenvalue weighted by Crippen LogP contribution is -2.25. The van der Waals surface area contributed by atoms with Gasteiger partial charge < -0.3 is 5.32 Å². The van der Waals surface area contributed by atoms with Crippen LogP contribution >= 0.6 is 0 Å². The summed E-state index contributed by atoms with van der Waals surface area (Å²) in [5.41, 5.74) is 3.15. The summed E-state index contributed by atoms with van der Waals surface area (Å²) in [6, 6.07) is 13.0. The van der Waals surface area contributed by atoms with Crippen LogP contribution in [0.15, 0.2) is 54.7 Å². The van der Waals surface area contributed by atoms with Crippen LogP contribution in [0.25, 0.3) is 5.69 Å². The third kappa shape index (κ3) is 4.14. The van der Waals surface area contributed by atoms with Crippen molar-refractivity contribution in [3.05, 3.63) is 83.2 Å². The Balaban J connectivity index is 1.53. The van der Waals surface area contributed by atoms with Gasteiger partial charge in [-0.2, -0.15) is 5.10 Å². The van der Waals surface area contributed by atoms with E-state index in [0.717, 1.165) is 41.9 Å². The molecule has 6 heteroatoms. The highest BCUT2D eigenvalue weighted by Crippen LogP contribution is 2.13. The van der Waals surface area contributed by atoms with Crippen LogP contribution < -0.4 is 5.32 Å². The highest BCUT2D eigenvalue weighted by molar-refractivity contribution is 5.94. The van der Waals surface area contributed by atoms with E-state index in [1.807, 2.05) is 48.1 Å². The minimum absolute atomic E-state index is 0.108. The predicted molar refractivity (Wildman–Crippen MR) is 95.3 cm³/mol. The molecular weight excluding hydrogens is 336 g/mol. The van der Waals surface area contributed by atoms with Crippen LogP contribution in [-0.4, -0.2) is 22.2 Å². The molecule has 0 fully saturated rings. The Kier molecular flexibility index (Phi) is 5.41. The van der Waals surface area contributed by atoms with Gasteiger partial charge in [0, 0.05) is 18.3 Å². The van der Waals surface area contributed by atoms with E-state index in [1.165, 1.54) is 6.07 Å². The average Bonchev–Trinajstić information content (AvgIpc) is 3.02. The Hall–Kier alpha value is -3.02. The number of aryl methyl sites for hydroxylation is 2. The zero-order valence-electron chi connectivity index (χ0n) is 14.4. The van der Waals surface area contributed by atoms with E-state index in [2.05, 4.69) is 10.4 Å². The van der Waals surface area contributed by atoms with Crippen LogP contribution in [0.1, 0.15) is 28.0 Å². The lowest BCUT2D eigenvalue weighted by molar-refractivity contribution is 0.0952. The predicted octanol–water partition coefficient (Wildman–Crippen LogP) is 3.82. The van der Waals surface area contributed by atoms with Gasteiger partial charge in [-0.25, -0.2) is 13.5 Å². The summed E-state index contributed by atoms with van der Waals surface area (Å²) in [7, 11) is 0. The maximum Gasteiger partial charge on any atom is 0.251 e. The van der Waals surface area contributed by atoms with Crippen molar-refractivity contribution in [3.8, 4) is 5.69 Å². The number of rotatable bonds is 6. The fourth-order valence-corrected chi connectivity index (χ4v) is 2.67. The molecule has 0 aliphatic rings. The Bertz CT molecular complexity index is 907. The van der Waals surface area contributed by atoms with Gasteiger partial charge in [-0.3, -0.25) is 4.79 Å². The third-order valence-electron chi connectivity index (χ3n) is 4.11. The van der Waals surface area contributed by atoms with E-state index in [-0.39, 0.29) is 5.56 Å². The van der Waals surface area contributed by atoms with Gasteiger partial charge in [0.15, 0.2) is 11.6 Å². The second-order valence-electron chi connectivity index (χ2n) is 6.01. The van der Waals surface area contributed by atoms with Gasteiger partial charge in [-0.1, -0.05) is 18.2 Å². The number of carbonyl (C=O) groups is 1. The van der Waals surface area contributed by atoms with Gasteiger partial charge in [0.2, 0.25) is 0 Å². The topological polar surface area (TPSA) is 46.9 Å². The second kappa shape index (κ2) is 7.91. The molecule has 0 atom stereocenters. The lowest BCUT2D eigenvalue weighted by Gasteiger charge is -2.05. The quantitative estimate of drug-likeness (QED) is 0.683. The number of halogens is 2. The molecule has 3 aromatic rings. The van der Waals surface area contributed by atoms with E-state index >= 15 is 0 Å². The van der Waals surface area contributed by atoms with Crippen LogP contribution in [-0.2, 0) is 6.42 Å². The number of nitrogens with one attached hydrogen (secondary N) is 1. The third-order valence-corrected chi connectivity index (χ3v) is 4.11. The number of para-hydroxylation sites is 1. The molecule has 0 unspecified atom stereocenters. The fourth-order valence-electron chi connectivity index (χ4n) is 2.67. The molecule has 1 aromatic heterocycles. The maximum atomic E-state index is 13.2. The molecule has 0 bridgehead atoms. The SMILES string of the molecule is Cc1nn(-c2ccccc2)cc1CCCNC(=O)c1ccc(F)c(F)c1. The molecule has 0 spiro atoms. The van der Waals surface area contributed by atoms with E-state index in [4.69, 9.17) is 0 Å². The maximum absolute atomic E-state index is 13.2. The average molecular weight is 355 g/mol. The summed E-state index contributed by atoms with van der Waals surface area (Å²) < 4.78 is 27.9. The molecule has 0 aliphatic carbocycles. The van der Waals surface area contributed by atoms with Crippen LogP contribution in [0.3, 0.4) is 0 Å². The van der Waals surface area contributed by atoms with Gasteiger partial charge in [0.25, 0.3) is 5.91 Å². The highest BCUT2D eigenvalue weighted by atomic mass is 19.2. The molecule has 0 radical (unpaired) electrons. The number of carbonyl (C=O) groups excluding carboxylic acids is 1. The van der Waals surface area contributed by atoms with E-state index < -0.39 is 17.5 Å². The van der Waals surface area contributed by atoms with Gasteiger partial charge in [0.05, 0.1) is 11.4 Å². The summed E-state index contributed by atoms with van der Waals surface area (Å²) in [5.74, 6) is -2.41. The summed E-state index contributed by atoms with van der Waals surface area (Å²) in [5, 5.41) is 7.23. The molecule has 26 heavy (non-hydrogen) atoms. The summed E-state index contributed by atoms with van der Waals surface area (Å²) in [6.45, 7) is 2.39. The number of hydrogen-bond donors (Lipinski definition) is 1. The summed E-state index contributed by atoms with van der Waals surface area (Å²) in [4.78, 5) is 12.0. The van der Waals surface area contributed by atoms with E-state index in [9.17, 15) is 13.6 Å². The number of amides is 1. The minimum Gasteiger partial charge on any atom is -0.352 e. The molecule has 1 N–H and O–H groups in total. The van der Waals surface area contributed by atoms with Gasteiger partial charge in [-0.15, -0.1) is 0 Å². The Morgan fingerprint density at radius 1 is 1.12 bits per heavy atom. The van der Waals surface area contributed by atoms with Crippen molar-refractivity contribution in [2.45, 2.75) is 19.8 Å². The highest BCUT2D eigenvalue weighted by Gasteiger charge is 2.10. The molecule has 134 valence electrons. The van der Waals surface area contributed by atoms with Crippen molar-refractivity contribution in [3.63, 3.8) is 0 Å². The molecule has 1 heterocycles. The lowest BCUT2D eigenvalue weighted by atomic mass is 10.1. The van der Waals surface area contributed by atoms with Gasteiger partial charge in [0.1, 0.15) is 0 Å². The minimum atomic E-state index is -1.03. The largest absolute Gasteiger partial charge is 0.352 e. The number of aromatic nitrogens is 2. The first-order chi connectivity index (χ1) is 12.5. The normalized spacial score (nSPS) is 10.7. The van der Waals surface area contributed by atoms with Gasteiger partial charge >= 0.3 is 0 Å². The molecule has 4 nitrogen and oxygen atoms in total. The number of hydrogen-bond acceptors (Lipinski definition) is 2. The fraction of sp³-hybridized carbons (Fsp3) is 0.200. The molecule has 0 saturated heterocycles. The van der Waals surface area contributed by atoms with Crippen molar-refractivity contribution >= 4 is 5.91 Å². The first-order valence-corrected chi connectivity index (χ1v) is 8.38. The summed E-state index contributed by atoms with van der Waals surface area (Å²) >= 11 is 0. The van der Waals surface area contributed by atoms with Crippen LogP contribution in [0.5, 0.6) is 0 Å². The van der Waals surface area contributed by atoms with E-state index in [1.54, 1.807) is 0 Å². The second-order valence-corrected chi connectivity index (χ2v) is 6.01. The van der Waals surface area contributed by atoms with Crippen molar-refractivity contribution in [1.82, 2.24) is 15.1 Å². The van der Waals surface area contributed by atoms with Crippen molar-refractivity contribution in [2.75, 3.05) is 6.54 Å². The van der Waals surface area contributed by atoms with Crippen LogP contribution in [0, 0.1) is 18.6 Å². The standard InChI is InChI=1S/C20H19F2N3O/c1-14-16(13-25(24-14)17-7-3-2-4-8-17)6-5-11-23-20(26)15-9-10-18(21)19(22)12-15/h2-4,7-10,12-13H,5-6,11H2,1H3,(H,23,26). The molecule has 3 rings (SSSR count). The van der Waals surface area contributed by atoms with E-state index in [0.29, 0.717) is 6.54 Å². The first-order valence-electron chi connectivity index (χ1n) is 8.38. The summed E-state index contributed by atoms with van der Waals surface area (Å²) in [6.07, 6.45) is 3.47. The monoisotopic (exact) mass is 355 g/mol. The Morgan fingerprint density at radius 2 is 1.88 bits per heavy atom. The molecule has 2 aromatic carbocycles. The number of nitrogens with zero attached hydrogens (tertiary/aromatic N) is 2. The smallest absolute Gasteiger partial charge is 0.251 e. The number of benzene rings is 2. The van der Waals surface area contributed by atoms with Crippen molar-refractivity contribution in [2.24, 2.45) is 0 Å². The van der Waals surface area contributed by atoms with Crippen molar-refractivity contribution < 1.29 is 13.6 Å². The van der Waals surface area contributed by atoms with Crippen LogP contribution in [0.2, 0.25) is 0 Å². The van der Waals surface area contributed by atoms with Gasteiger partial charge in [-0.05, 0) is 55.7 Å². The molecule has 1 amide bonds. The molecule has 0 aliphatic heterocycles. The molecule has 0 saturated carbocycles. The zero-order chi connectivity index (χ0) is 18.5. The zero-order valence-corrected chi connectivity index (χ0v) is 14.4. The molecular formula is C20H19F2N3O. The Labute approximate surface area is 150 Å².